The van der Waals surface area contributed by atoms with Gasteiger partial charge in [0.1, 0.15) is 5.75 Å². The fourth-order valence-corrected chi connectivity index (χ4v) is 6.61. The Labute approximate surface area is 253 Å². The van der Waals surface area contributed by atoms with Crippen LogP contribution in [0.4, 0.5) is 0 Å². The number of amides is 1. The molecule has 1 amide bonds. The third-order valence-corrected chi connectivity index (χ3v) is 9.01. The molecule has 43 heavy (non-hydrogen) atoms. The lowest BCUT2D eigenvalue weighted by atomic mass is 9.64. The number of esters is 1. The van der Waals surface area contributed by atoms with E-state index in [0.717, 1.165) is 23.3 Å². The van der Waals surface area contributed by atoms with Crippen molar-refractivity contribution in [3.63, 3.8) is 0 Å². The Bertz CT molecular complexity index is 1730. The predicted molar refractivity (Wildman–Crippen MR) is 170 cm³/mol. The van der Waals surface area contributed by atoms with Crippen LogP contribution in [0.2, 0.25) is 0 Å². The Hall–Kier alpha value is -4.64. The smallest absolute Gasteiger partial charge is 0.312 e. The molecule has 1 aliphatic heterocycles. The average Bonchev–Trinajstić information content (AvgIpc) is 3.07. The lowest BCUT2D eigenvalue weighted by Crippen LogP contribution is -2.38. The van der Waals surface area contributed by atoms with Crippen LogP contribution in [0, 0.1) is 5.92 Å². The molecular formula is C38H37NO4. The van der Waals surface area contributed by atoms with Crippen molar-refractivity contribution < 1.29 is 19.1 Å². The molecule has 1 heterocycles. The van der Waals surface area contributed by atoms with Gasteiger partial charge in [0.2, 0.25) is 0 Å². The van der Waals surface area contributed by atoms with Crippen molar-refractivity contribution in [2.45, 2.75) is 38.6 Å². The van der Waals surface area contributed by atoms with Gasteiger partial charge in [0.15, 0.2) is 0 Å². The zero-order valence-electron chi connectivity index (χ0n) is 25.0. The normalized spacial score (nSPS) is 18.5. The molecule has 218 valence electrons. The summed E-state index contributed by atoms with van der Waals surface area (Å²) in [6.45, 7) is 5.33. The molecule has 5 nitrogen and oxygen atoms in total. The van der Waals surface area contributed by atoms with Crippen LogP contribution in [-0.2, 0) is 27.9 Å². The van der Waals surface area contributed by atoms with E-state index in [4.69, 9.17) is 9.47 Å². The van der Waals surface area contributed by atoms with Gasteiger partial charge in [0, 0.05) is 24.1 Å². The van der Waals surface area contributed by atoms with Crippen LogP contribution in [0.1, 0.15) is 52.9 Å². The van der Waals surface area contributed by atoms with Crippen molar-refractivity contribution in [1.82, 2.24) is 4.90 Å². The molecule has 6 rings (SSSR count). The summed E-state index contributed by atoms with van der Waals surface area (Å²) in [6.07, 6.45) is 7.90. The van der Waals surface area contributed by atoms with Gasteiger partial charge in [0.25, 0.3) is 5.91 Å². The summed E-state index contributed by atoms with van der Waals surface area (Å²) in [4.78, 5) is 28.2. The van der Waals surface area contributed by atoms with E-state index in [2.05, 4.69) is 78.9 Å². The fourth-order valence-electron chi connectivity index (χ4n) is 6.61. The molecule has 5 heteroatoms. The molecule has 2 unspecified atom stereocenters. The second kappa shape index (κ2) is 11.9. The van der Waals surface area contributed by atoms with Gasteiger partial charge in [-0.15, -0.1) is 0 Å². The zero-order valence-corrected chi connectivity index (χ0v) is 25.0. The lowest BCUT2D eigenvalue weighted by molar-refractivity contribution is -0.146. The van der Waals surface area contributed by atoms with E-state index in [1.807, 2.05) is 43.0 Å². The Kier molecular flexibility index (Phi) is 7.90. The van der Waals surface area contributed by atoms with Gasteiger partial charge in [-0.05, 0) is 90.0 Å². The van der Waals surface area contributed by atoms with Gasteiger partial charge >= 0.3 is 5.97 Å². The molecule has 0 aromatic heterocycles. The highest BCUT2D eigenvalue weighted by Crippen LogP contribution is 2.46. The first-order valence-corrected chi connectivity index (χ1v) is 15.0. The van der Waals surface area contributed by atoms with Gasteiger partial charge < -0.3 is 14.4 Å². The first kappa shape index (κ1) is 28.5. The third kappa shape index (κ3) is 5.36. The molecule has 0 bridgehead atoms. The summed E-state index contributed by atoms with van der Waals surface area (Å²) in [5.41, 5.74) is 6.11. The Morgan fingerprint density at radius 3 is 2.51 bits per heavy atom. The number of methoxy groups -OCH3 is 1. The van der Waals surface area contributed by atoms with Crippen LogP contribution in [-0.4, -0.2) is 37.0 Å². The van der Waals surface area contributed by atoms with Crippen LogP contribution < -0.4 is 4.74 Å². The molecule has 0 saturated carbocycles. The monoisotopic (exact) mass is 571 g/mol. The second-order valence-electron chi connectivity index (χ2n) is 11.4. The molecule has 2 atom stereocenters. The SMILES string of the molecule is CCOC(=O)C(C)C1=CC=CC(c2ccc3ccccc3c2)(c2cccc3c2CCN(C(=O)c2ccc(OC)cc2)C3)C1. The molecule has 0 spiro atoms. The topological polar surface area (TPSA) is 55.8 Å². The predicted octanol–water partition coefficient (Wildman–Crippen LogP) is 7.42. The third-order valence-electron chi connectivity index (χ3n) is 9.01. The quantitative estimate of drug-likeness (QED) is 0.217. The molecule has 2 aliphatic rings. The zero-order chi connectivity index (χ0) is 30.0. The van der Waals surface area contributed by atoms with E-state index in [9.17, 15) is 9.59 Å². The maximum atomic E-state index is 13.5. The summed E-state index contributed by atoms with van der Waals surface area (Å²) >= 11 is 0. The average molecular weight is 572 g/mol. The van der Waals surface area contributed by atoms with Crippen LogP contribution in [0.25, 0.3) is 10.8 Å². The molecule has 4 aromatic carbocycles. The number of hydrogen-bond acceptors (Lipinski definition) is 4. The minimum Gasteiger partial charge on any atom is -0.497 e. The van der Waals surface area contributed by atoms with Crippen LogP contribution in [0.5, 0.6) is 5.75 Å². The van der Waals surface area contributed by atoms with Crippen molar-refractivity contribution in [2.75, 3.05) is 20.3 Å². The van der Waals surface area contributed by atoms with Gasteiger partial charge in [-0.1, -0.05) is 78.4 Å². The highest BCUT2D eigenvalue weighted by molar-refractivity contribution is 5.94. The molecular weight excluding hydrogens is 534 g/mol. The van der Waals surface area contributed by atoms with E-state index in [1.54, 1.807) is 7.11 Å². The van der Waals surface area contributed by atoms with Crippen LogP contribution in [0.3, 0.4) is 0 Å². The fraction of sp³-hybridized carbons (Fsp3) is 0.263. The van der Waals surface area contributed by atoms with E-state index >= 15 is 0 Å². The number of allylic oxidation sites excluding steroid dienone is 3. The maximum absolute atomic E-state index is 13.5. The lowest BCUT2D eigenvalue weighted by Gasteiger charge is -2.40. The Morgan fingerprint density at radius 2 is 1.74 bits per heavy atom. The number of benzene rings is 4. The van der Waals surface area contributed by atoms with Crippen molar-refractivity contribution in [3.05, 3.63) is 137 Å². The number of rotatable bonds is 7. The number of hydrogen-bond donors (Lipinski definition) is 0. The first-order valence-electron chi connectivity index (χ1n) is 15.0. The highest BCUT2D eigenvalue weighted by atomic mass is 16.5. The van der Waals surface area contributed by atoms with Gasteiger partial charge in [-0.25, -0.2) is 0 Å². The molecule has 0 fully saturated rings. The van der Waals surface area contributed by atoms with E-state index < -0.39 is 5.41 Å². The molecule has 0 radical (unpaired) electrons. The van der Waals surface area contributed by atoms with Crippen molar-refractivity contribution in [3.8, 4) is 5.75 Å². The molecule has 0 N–H and O–H groups in total. The summed E-state index contributed by atoms with van der Waals surface area (Å²) in [5.74, 6) is 0.213. The largest absolute Gasteiger partial charge is 0.497 e. The summed E-state index contributed by atoms with van der Waals surface area (Å²) in [5, 5.41) is 2.38. The molecule has 0 saturated heterocycles. The van der Waals surface area contributed by atoms with Gasteiger partial charge in [-0.2, -0.15) is 0 Å². The van der Waals surface area contributed by atoms with Crippen molar-refractivity contribution in [2.24, 2.45) is 5.92 Å². The molecule has 4 aromatic rings. The van der Waals surface area contributed by atoms with Crippen molar-refractivity contribution >= 4 is 22.6 Å². The van der Waals surface area contributed by atoms with E-state index in [0.29, 0.717) is 31.7 Å². The Morgan fingerprint density at radius 1 is 0.953 bits per heavy atom. The first-order chi connectivity index (χ1) is 20.9. The number of fused-ring (bicyclic) bond motifs is 2. The van der Waals surface area contributed by atoms with Crippen molar-refractivity contribution in [1.29, 1.82) is 0 Å². The number of carbonyl (C=O) groups excluding carboxylic acids is 2. The van der Waals surface area contributed by atoms with Crippen LogP contribution >= 0.6 is 0 Å². The second-order valence-corrected chi connectivity index (χ2v) is 11.4. The highest BCUT2D eigenvalue weighted by Gasteiger charge is 2.39. The summed E-state index contributed by atoms with van der Waals surface area (Å²) in [6, 6.07) is 28.9. The van der Waals surface area contributed by atoms with Crippen LogP contribution in [0.15, 0.2) is 109 Å². The number of nitrogens with zero attached hydrogens (tertiary/aromatic N) is 1. The van der Waals surface area contributed by atoms with Gasteiger partial charge in [0.05, 0.1) is 19.6 Å². The Balaban J connectivity index is 1.40. The van der Waals surface area contributed by atoms with E-state index in [1.165, 1.54) is 27.5 Å². The van der Waals surface area contributed by atoms with Gasteiger partial charge in [-0.3, -0.25) is 9.59 Å². The molecule has 1 aliphatic carbocycles. The minimum atomic E-state index is -0.470. The summed E-state index contributed by atoms with van der Waals surface area (Å²) < 4.78 is 10.7. The standard InChI is InChI=1S/C38H37NO4/c1-4-43-37(41)26(2)30-12-8-21-38(24-30,32-17-14-27-9-5-6-10-29(27)23-32)35-13-7-11-31-25-39(22-20-34(31)35)36(40)28-15-18-33(42-3)19-16-28/h5-19,21,23,26H,4,20,22,24-25H2,1-3H3. The summed E-state index contributed by atoms with van der Waals surface area (Å²) in [7, 11) is 1.62. The number of carbonyl (C=O) groups is 2. The minimum absolute atomic E-state index is 0.0222. The maximum Gasteiger partial charge on any atom is 0.312 e. The van der Waals surface area contributed by atoms with E-state index in [-0.39, 0.29) is 17.8 Å². The number of ether oxygens (including phenoxy) is 2.